The normalized spacial score (nSPS) is 10.0. The van der Waals surface area contributed by atoms with Gasteiger partial charge in [-0.15, -0.1) is 0 Å². The lowest BCUT2D eigenvalue weighted by Gasteiger charge is -2.17. The highest BCUT2D eigenvalue weighted by atomic mass is 16.3. The molecule has 0 bridgehead atoms. The third-order valence-corrected chi connectivity index (χ3v) is 4.36. The smallest absolute Gasteiger partial charge is 0.430 e. The molecule has 0 spiro atoms. The molecular formula is C24H16N4O2. The van der Waals surface area contributed by atoms with Crippen molar-refractivity contribution in [3.05, 3.63) is 102 Å². The van der Waals surface area contributed by atoms with E-state index in [9.17, 15) is 10.3 Å². The molecule has 1 aromatic heterocycles. The quantitative estimate of drug-likeness (QED) is 0.228. The highest BCUT2D eigenvalue weighted by Crippen LogP contribution is 2.18. The van der Waals surface area contributed by atoms with Gasteiger partial charge >= 0.3 is 17.5 Å². The van der Waals surface area contributed by atoms with Gasteiger partial charge in [0.15, 0.2) is 5.58 Å². The maximum atomic E-state index is 13.3. The van der Waals surface area contributed by atoms with E-state index in [0.717, 1.165) is 5.56 Å². The Hall–Kier alpha value is -4.46. The first-order chi connectivity index (χ1) is 14.8. The fourth-order valence-electron chi connectivity index (χ4n) is 2.91. The van der Waals surface area contributed by atoms with Crippen molar-refractivity contribution in [1.82, 2.24) is 4.98 Å². The van der Waals surface area contributed by atoms with Crippen LogP contribution in [0.5, 0.6) is 0 Å². The summed E-state index contributed by atoms with van der Waals surface area (Å²) in [6.45, 7) is 0.0942. The van der Waals surface area contributed by atoms with Gasteiger partial charge in [-0.2, -0.15) is 4.79 Å². The number of para-hydroxylation sites is 3. The second-order valence-corrected chi connectivity index (χ2v) is 6.33. The second kappa shape index (κ2) is 8.70. The van der Waals surface area contributed by atoms with Gasteiger partial charge in [0.1, 0.15) is 5.52 Å². The van der Waals surface area contributed by atoms with Gasteiger partial charge in [0, 0.05) is 11.3 Å². The van der Waals surface area contributed by atoms with Crippen molar-refractivity contribution < 1.29 is 14.0 Å². The molecule has 0 atom stereocenters. The Kier molecular flexibility index (Phi) is 5.47. The van der Waals surface area contributed by atoms with E-state index in [1.165, 1.54) is 4.90 Å². The Bertz CT molecular complexity index is 1260. The Balaban J connectivity index is 1.67. The van der Waals surface area contributed by atoms with Crippen LogP contribution >= 0.6 is 0 Å². The van der Waals surface area contributed by atoms with Crippen LogP contribution in [-0.4, -0.2) is 27.9 Å². The number of nitrogens with zero attached hydrogens (tertiary/aromatic N) is 4. The molecule has 0 unspecified atom stereocenters. The molecule has 1 heterocycles. The van der Waals surface area contributed by atoms with Crippen molar-refractivity contribution in [3.63, 3.8) is 0 Å². The number of fused-ring (bicyclic) bond motifs is 1. The van der Waals surface area contributed by atoms with Crippen molar-refractivity contribution in [1.29, 1.82) is 0 Å². The monoisotopic (exact) mass is 392 g/mol. The number of hydrogen-bond acceptors (Lipinski definition) is 3. The third-order valence-electron chi connectivity index (χ3n) is 4.36. The van der Waals surface area contributed by atoms with Crippen LogP contribution < -0.4 is 4.90 Å². The van der Waals surface area contributed by atoms with E-state index in [2.05, 4.69) is 21.6 Å². The summed E-state index contributed by atoms with van der Waals surface area (Å²) in [6.07, 6.45) is 0. The standard InChI is InChI=1S/C24H16N4O2/c25-27-22(23-26-20-15-7-8-16-21(20)30-23)24(29)28(19-13-5-2-6-14-19)17-9-12-18-10-3-1-4-11-18/h1-8,10-11,13-16H,17H2. The van der Waals surface area contributed by atoms with Crippen molar-refractivity contribution in [2.45, 2.75) is 0 Å². The molecule has 1 amide bonds. The van der Waals surface area contributed by atoms with E-state index in [4.69, 9.17) is 4.42 Å². The molecule has 0 radical (unpaired) electrons. The minimum absolute atomic E-state index is 0.0550. The van der Waals surface area contributed by atoms with Crippen LogP contribution in [0.25, 0.3) is 16.6 Å². The van der Waals surface area contributed by atoms with E-state index in [-0.39, 0.29) is 18.1 Å². The summed E-state index contributed by atoms with van der Waals surface area (Å²) in [4.78, 5) is 22.1. The molecule has 0 aliphatic carbocycles. The highest BCUT2D eigenvalue weighted by molar-refractivity contribution is 6.46. The summed E-state index contributed by atoms with van der Waals surface area (Å²) < 4.78 is 5.62. The van der Waals surface area contributed by atoms with Gasteiger partial charge in [-0.1, -0.05) is 60.4 Å². The largest absolute Gasteiger partial charge is 0.441 e. The topological polar surface area (TPSA) is 82.7 Å². The third kappa shape index (κ3) is 4.02. The Morgan fingerprint density at radius 1 is 0.967 bits per heavy atom. The number of rotatable bonds is 4. The van der Waals surface area contributed by atoms with E-state index in [1.54, 1.807) is 30.3 Å². The van der Waals surface area contributed by atoms with Crippen LogP contribution in [0.15, 0.2) is 89.3 Å². The number of anilines is 1. The maximum Gasteiger partial charge on any atom is 0.441 e. The summed E-state index contributed by atoms with van der Waals surface area (Å²) >= 11 is 0. The minimum atomic E-state index is -0.572. The second-order valence-electron chi connectivity index (χ2n) is 6.33. The first-order valence-electron chi connectivity index (χ1n) is 9.25. The lowest BCUT2D eigenvalue weighted by Crippen LogP contribution is -2.38. The molecule has 0 N–H and O–H groups in total. The molecule has 144 valence electrons. The van der Waals surface area contributed by atoms with Crippen LogP contribution in [0.2, 0.25) is 0 Å². The molecule has 0 aliphatic rings. The fourth-order valence-corrected chi connectivity index (χ4v) is 2.91. The van der Waals surface area contributed by atoms with Gasteiger partial charge in [-0.3, -0.25) is 9.69 Å². The predicted molar refractivity (Wildman–Crippen MR) is 114 cm³/mol. The number of carbonyl (C=O) groups is 1. The summed E-state index contributed by atoms with van der Waals surface area (Å²) in [6, 6.07) is 25.6. The Morgan fingerprint density at radius 3 is 2.33 bits per heavy atom. The zero-order valence-corrected chi connectivity index (χ0v) is 15.9. The average molecular weight is 392 g/mol. The number of amides is 1. The molecule has 3 aromatic carbocycles. The van der Waals surface area contributed by atoms with E-state index >= 15 is 0 Å². The first kappa shape index (κ1) is 18.9. The molecular weight excluding hydrogens is 376 g/mol. The minimum Gasteiger partial charge on any atom is -0.430 e. The van der Waals surface area contributed by atoms with Gasteiger partial charge in [-0.05, 0) is 36.4 Å². The number of aromatic nitrogens is 1. The lowest BCUT2D eigenvalue weighted by molar-refractivity contribution is -0.116. The summed E-state index contributed by atoms with van der Waals surface area (Å²) in [7, 11) is 0. The predicted octanol–water partition coefficient (Wildman–Crippen LogP) is 3.93. The molecule has 0 fully saturated rings. The van der Waals surface area contributed by atoms with E-state index in [1.807, 2.05) is 54.6 Å². The van der Waals surface area contributed by atoms with Gasteiger partial charge in [-0.25, -0.2) is 4.98 Å². The lowest BCUT2D eigenvalue weighted by atomic mass is 10.2. The highest BCUT2D eigenvalue weighted by Gasteiger charge is 2.34. The Morgan fingerprint density at radius 2 is 1.63 bits per heavy atom. The molecule has 30 heavy (non-hydrogen) atoms. The molecule has 4 rings (SSSR count). The van der Waals surface area contributed by atoms with Crippen LogP contribution in [-0.2, 0) is 4.79 Å². The summed E-state index contributed by atoms with van der Waals surface area (Å²) in [5.41, 5.74) is 11.8. The van der Waals surface area contributed by atoms with Crippen LogP contribution in [0.4, 0.5) is 5.69 Å². The maximum absolute atomic E-state index is 13.3. The van der Waals surface area contributed by atoms with Gasteiger partial charge in [0.2, 0.25) is 0 Å². The van der Waals surface area contributed by atoms with Gasteiger partial charge < -0.3 is 9.95 Å². The van der Waals surface area contributed by atoms with E-state index in [0.29, 0.717) is 16.8 Å². The van der Waals surface area contributed by atoms with Crippen molar-refractivity contribution >= 4 is 28.4 Å². The van der Waals surface area contributed by atoms with Crippen molar-refractivity contribution in [2.24, 2.45) is 0 Å². The van der Waals surface area contributed by atoms with Gasteiger partial charge in [0.25, 0.3) is 0 Å². The molecule has 4 aromatic rings. The van der Waals surface area contributed by atoms with Crippen LogP contribution in [0.3, 0.4) is 0 Å². The number of carbonyl (C=O) groups excluding carboxylic acids is 1. The molecule has 0 aliphatic heterocycles. The summed E-state index contributed by atoms with van der Waals surface area (Å²) in [5.74, 6) is 5.41. The summed E-state index contributed by atoms with van der Waals surface area (Å²) in [5, 5.41) is 0. The molecule has 0 saturated carbocycles. The zero-order chi connectivity index (χ0) is 20.8. The number of benzene rings is 3. The van der Waals surface area contributed by atoms with Crippen LogP contribution in [0.1, 0.15) is 11.5 Å². The molecule has 6 nitrogen and oxygen atoms in total. The number of hydrogen-bond donors (Lipinski definition) is 0. The zero-order valence-electron chi connectivity index (χ0n) is 15.9. The average Bonchev–Trinajstić information content (AvgIpc) is 3.22. The van der Waals surface area contributed by atoms with Crippen LogP contribution in [0, 0.1) is 11.8 Å². The number of oxazole rings is 1. The first-order valence-corrected chi connectivity index (χ1v) is 9.25. The van der Waals surface area contributed by atoms with Gasteiger partial charge in [0.05, 0.1) is 6.54 Å². The Labute approximate surface area is 173 Å². The molecule has 0 saturated heterocycles. The van der Waals surface area contributed by atoms with E-state index < -0.39 is 5.91 Å². The SMILES string of the molecule is [N-]=[N+]=C(C(=O)N(CC#Cc1ccccc1)c1ccccc1)c1nc2ccccc2o1. The molecule has 6 heteroatoms. The van der Waals surface area contributed by atoms with Crippen molar-refractivity contribution in [2.75, 3.05) is 11.4 Å². The van der Waals surface area contributed by atoms with Crippen molar-refractivity contribution in [3.8, 4) is 11.8 Å². The fraction of sp³-hybridized carbons (Fsp3) is 0.0417.